The van der Waals surface area contributed by atoms with Crippen LogP contribution < -0.4 is 5.32 Å². The maximum Gasteiger partial charge on any atom is 0.0709 e. The molecule has 0 unspecified atom stereocenters. The molecule has 0 bridgehead atoms. The third-order valence-electron chi connectivity index (χ3n) is 4.28. The van der Waals surface area contributed by atoms with Crippen molar-refractivity contribution in [3.63, 3.8) is 0 Å². The van der Waals surface area contributed by atoms with Crippen molar-refractivity contribution < 1.29 is 0 Å². The smallest absolute Gasteiger partial charge is 0.0709 e. The second kappa shape index (κ2) is 4.97. The molecule has 1 aromatic carbocycles. The van der Waals surface area contributed by atoms with Gasteiger partial charge >= 0.3 is 0 Å². The van der Waals surface area contributed by atoms with Crippen molar-refractivity contribution in [2.24, 2.45) is 5.41 Å². The summed E-state index contributed by atoms with van der Waals surface area (Å²) in [6.45, 7) is 7.48. The van der Waals surface area contributed by atoms with Crippen LogP contribution in [0, 0.1) is 5.41 Å². The Labute approximate surface area is 115 Å². The topological polar surface area (TPSA) is 29.9 Å². The molecule has 0 spiro atoms. The van der Waals surface area contributed by atoms with Crippen molar-refractivity contribution in [2.75, 3.05) is 13.1 Å². The van der Waals surface area contributed by atoms with E-state index in [4.69, 9.17) is 5.10 Å². The molecule has 0 saturated heterocycles. The third-order valence-corrected chi connectivity index (χ3v) is 4.28. The van der Waals surface area contributed by atoms with Gasteiger partial charge in [0, 0.05) is 18.5 Å². The summed E-state index contributed by atoms with van der Waals surface area (Å²) in [4.78, 5) is 0. The molecular weight excluding hydrogens is 234 g/mol. The molecule has 19 heavy (non-hydrogen) atoms. The summed E-state index contributed by atoms with van der Waals surface area (Å²) in [6.07, 6.45) is 3.80. The number of hydrogen-bond acceptors (Lipinski definition) is 2. The molecule has 0 aliphatic heterocycles. The number of rotatable bonds is 6. The molecule has 3 nitrogen and oxygen atoms in total. The summed E-state index contributed by atoms with van der Waals surface area (Å²) in [5, 5.41) is 9.68. The van der Waals surface area contributed by atoms with Crippen molar-refractivity contribution in [1.82, 2.24) is 15.1 Å². The van der Waals surface area contributed by atoms with Gasteiger partial charge in [-0.2, -0.15) is 5.10 Å². The maximum absolute atomic E-state index is 4.83. The first kappa shape index (κ1) is 12.7. The van der Waals surface area contributed by atoms with Gasteiger partial charge in [0.1, 0.15) is 0 Å². The molecule has 1 N–H and O–H groups in total. The molecule has 0 atom stereocenters. The minimum absolute atomic E-state index is 0.478. The summed E-state index contributed by atoms with van der Waals surface area (Å²) < 4.78 is 2.13. The number of hydrogen-bond donors (Lipinski definition) is 1. The standard InChI is InChI=1S/C16H23N3/c1-3-17-12-16(9-10-16)11-14-13-7-5-6-8-15(13)19(4-2)18-14/h5-8,17H,3-4,9-12H2,1-2H3. The van der Waals surface area contributed by atoms with E-state index in [-0.39, 0.29) is 0 Å². The van der Waals surface area contributed by atoms with Gasteiger partial charge < -0.3 is 5.32 Å². The molecule has 0 radical (unpaired) electrons. The van der Waals surface area contributed by atoms with Gasteiger partial charge in [0.25, 0.3) is 0 Å². The highest BCUT2D eigenvalue weighted by Crippen LogP contribution is 2.48. The molecular formula is C16H23N3. The minimum atomic E-state index is 0.478. The number of aryl methyl sites for hydroxylation is 1. The van der Waals surface area contributed by atoms with Gasteiger partial charge in [0.2, 0.25) is 0 Å². The van der Waals surface area contributed by atoms with Gasteiger partial charge in [-0.3, -0.25) is 4.68 Å². The quantitative estimate of drug-likeness (QED) is 0.862. The van der Waals surface area contributed by atoms with Crippen molar-refractivity contribution in [2.45, 2.75) is 39.7 Å². The van der Waals surface area contributed by atoms with Gasteiger partial charge in [0.15, 0.2) is 0 Å². The minimum Gasteiger partial charge on any atom is -0.316 e. The largest absolute Gasteiger partial charge is 0.316 e. The van der Waals surface area contributed by atoms with Crippen LogP contribution in [0.1, 0.15) is 32.4 Å². The zero-order chi connectivity index (χ0) is 13.3. The Bertz CT molecular complexity index is 566. The average molecular weight is 257 g/mol. The van der Waals surface area contributed by atoms with E-state index in [0.717, 1.165) is 26.1 Å². The fourth-order valence-corrected chi connectivity index (χ4v) is 2.91. The van der Waals surface area contributed by atoms with E-state index in [0.29, 0.717) is 5.41 Å². The van der Waals surface area contributed by atoms with E-state index in [1.807, 2.05) is 0 Å². The number of nitrogens with one attached hydrogen (secondary N) is 1. The molecule has 1 aliphatic carbocycles. The van der Waals surface area contributed by atoms with Crippen molar-refractivity contribution in [1.29, 1.82) is 0 Å². The lowest BCUT2D eigenvalue weighted by Crippen LogP contribution is -2.25. The summed E-state index contributed by atoms with van der Waals surface area (Å²) in [5.74, 6) is 0. The second-order valence-corrected chi connectivity index (χ2v) is 5.74. The summed E-state index contributed by atoms with van der Waals surface area (Å²) in [5.41, 5.74) is 3.04. The zero-order valence-corrected chi connectivity index (χ0v) is 11.9. The van der Waals surface area contributed by atoms with Crippen LogP contribution in [-0.4, -0.2) is 22.9 Å². The van der Waals surface area contributed by atoms with E-state index in [1.165, 1.54) is 29.4 Å². The highest BCUT2D eigenvalue weighted by atomic mass is 15.3. The lowest BCUT2D eigenvalue weighted by Gasteiger charge is -2.14. The van der Waals surface area contributed by atoms with Crippen LogP contribution in [0.15, 0.2) is 24.3 Å². The van der Waals surface area contributed by atoms with Crippen molar-refractivity contribution in [3.8, 4) is 0 Å². The Morgan fingerprint density at radius 2 is 2.05 bits per heavy atom. The second-order valence-electron chi connectivity index (χ2n) is 5.74. The fourth-order valence-electron chi connectivity index (χ4n) is 2.91. The molecule has 0 amide bonds. The van der Waals surface area contributed by atoms with E-state index < -0.39 is 0 Å². The molecule has 1 heterocycles. The molecule has 3 heteroatoms. The molecule has 1 aromatic heterocycles. The van der Waals surface area contributed by atoms with Crippen LogP contribution in [0.25, 0.3) is 10.9 Å². The Morgan fingerprint density at radius 3 is 2.74 bits per heavy atom. The van der Waals surface area contributed by atoms with Gasteiger partial charge in [-0.25, -0.2) is 0 Å². The van der Waals surface area contributed by atoms with E-state index in [1.54, 1.807) is 0 Å². The number of benzene rings is 1. The molecule has 102 valence electrons. The highest BCUT2D eigenvalue weighted by molar-refractivity contribution is 5.82. The van der Waals surface area contributed by atoms with E-state index >= 15 is 0 Å². The van der Waals surface area contributed by atoms with Gasteiger partial charge in [-0.15, -0.1) is 0 Å². The molecule has 2 aromatic rings. The molecule has 1 aliphatic rings. The molecule has 1 fully saturated rings. The number of nitrogens with zero attached hydrogens (tertiary/aromatic N) is 2. The SMILES string of the molecule is CCNCC1(Cc2nn(CC)c3ccccc23)CC1. The van der Waals surface area contributed by atoms with Crippen LogP contribution in [0.5, 0.6) is 0 Å². The van der Waals surface area contributed by atoms with Crippen LogP contribution in [0.2, 0.25) is 0 Å². The normalized spacial score (nSPS) is 16.9. The zero-order valence-electron chi connectivity index (χ0n) is 11.9. The number of aromatic nitrogens is 2. The van der Waals surface area contributed by atoms with Gasteiger partial charge in [0.05, 0.1) is 11.2 Å². The summed E-state index contributed by atoms with van der Waals surface area (Å²) in [6, 6.07) is 8.62. The number of para-hydroxylation sites is 1. The Balaban J connectivity index is 1.89. The Morgan fingerprint density at radius 1 is 1.26 bits per heavy atom. The lowest BCUT2D eigenvalue weighted by atomic mass is 9.98. The van der Waals surface area contributed by atoms with Crippen LogP contribution in [-0.2, 0) is 13.0 Å². The first-order valence-electron chi connectivity index (χ1n) is 7.43. The van der Waals surface area contributed by atoms with E-state index in [9.17, 15) is 0 Å². The Hall–Kier alpha value is -1.35. The van der Waals surface area contributed by atoms with Crippen LogP contribution >= 0.6 is 0 Å². The third kappa shape index (κ3) is 2.39. The lowest BCUT2D eigenvalue weighted by molar-refractivity contribution is 0.456. The average Bonchev–Trinajstić information content (AvgIpc) is 3.12. The monoisotopic (exact) mass is 257 g/mol. The van der Waals surface area contributed by atoms with Crippen LogP contribution in [0.4, 0.5) is 0 Å². The van der Waals surface area contributed by atoms with Crippen molar-refractivity contribution >= 4 is 10.9 Å². The number of fused-ring (bicyclic) bond motifs is 1. The first-order chi connectivity index (χ1) is 9.28. The first-order valence-corrected chi connectivity index (χ1v) is 7.43. The Kier molecular flexibility index (Phi) is 3.31. The van der Waals surface area contributed by atoms with Gasteiger partial charge in [-0.1, -0.05) is 25.1 Å². The molecule has 3 rings (SSSR count). The van der Waals surface area contributed by atoms with Crippen LogP contribution in [0.3, 0.4) is 0 Å². The predicted octanol–water partition coefficient (Wildman–Crippen LogP) is 2.99. The van der Waals surface area contributed by atoms with E-state index in [2.05, 4.69) is 48.1 Å². The summed E-state index contributed by atoms with van der Waals surface area (Å²) in [7, 11) is 0. The maximum atomic E-state index is 4.83. The highest BCUT2D eigenvalue weighted by Gasteiger charge is 2.42. The fraction of sp³-hybridized carbons (Fsp3) is 0.562. The van der Waals surface area contributed by atoms with Gasteiger partial charge in [-0.05, 0) is 44.2 Å². The van der Waals surface area contributed by atoms with Crippen molar-refractivity contribution in [3.05, 3.63) is 30.0 Å². The molecule has 1 saturated carbocycles. The predicted molar refractivity (Wildman–Crippen MR) is 79.3 cm³/mol. The summed E-state index contributed by atoms with van der Waals surface area (Å²) >= 11 is 0.